The summed E-state index contributed by atoms with van der Waals surface area (Å²) < 4.78 is 5.69. The van der Waals surface area contributed by atoms with Crippen LogP contribution in [0.4, 0.5) is 5.69 Å². The largest absolute Gasteiger partial charge is 0.487 e. The smallest absolute Gasteiger partial charge is 0.255 e. The predicted octanol–water partition coefficient (Wildman–Crippen LogP) is 4.54. The Morgan fingerprint density at radius 1 is 1.21 bits per heavy atom. The fourth-order valence-corrected chi connectivity index (χ4v) is 2.76. The van der Waals surface area contributed by atoms with Crippen LogP contribution in [-0.2, 0) is 13.0 Å². The lowest BCUT2D eigenvalue weighted by molar-refractivity contribution is 0.102. The quantitative estimate of drug-likeness (QED) is 0.718. The summed E-state index contributed by atoms with van der Waals surface area (Å²) >= 11 is 1.53. The first-order valence-electron chi connectivity index (χ1n) is 7.75. The number of ether oxygens (including phenoxy) is 1. The van der Waals surface area contributed by atoms with Crippen molar-refractivity contribution >= 4 is 22.9 Å². The van der Waals surface area contributed by atoms with Crippen molar-refractivity contribution in [1.29, 1.82) is 0 Å². The number of nitrogens with zero attached hydrogens (tertiary/aromatic N) is 1. The van der Waals surface area contributed by atoms with Gasteiger partial charge in [-0.3, -0.25) is 4.79 Å². The number of rotatable bonds is 6. The first-order chi connectivity index (χ1) is 11.7. The van der Waals surface area contributed by atoms with Crippen LogP contribution in [0.5, 0.6) is 5.75 Å². The summed E-state index contributed by atoms with van der Waals surface area (Å²) in [6.45, 7) is 2.50. The molecule has 1 aromatic heterocycles. The summed E-state index contributed by atoms with van der Waals surface area (Å²) in [5.41, 5.74) is 5.24. The molecule has 0 aliphatic heterocycles. The van der Waals surface area contributed by atoms with E-state index in [4.69, 9.17) is 4.74 Å². The van der Waals surface area contributed by atoms with Crippen molar-refractivity contribution in [3.8, 4) is 5.75 Å². The zero-order chi connectivity index (χ0) is 16.8. The maximum Gasteiger partial charge on any atom is 0.255 e. The summed E-state index contributed by atoms with van der Waals surface area (Å²) in [6, 6.07) is 15.0. The fourth-order valence-electron chi connectivity index (χ4n) is 2.22. The van der Waals surface area contributed by atoms with Crippen LogP contribution in [0, 0.1) is 0 Å². The Morgan fingerprint density at radius 3 is 2.75 bits per heavy atom. The Balaban J connectivity index is 1.64. The van der Waals surface area contributed by atoms with E-state index in [2.05, 4.69) is 17.2 Å². The highest BCUT2D eigenvalue weighted by atomic mass is 32.1. The standard InChI is InChI=1S/C19H18N2O2S/c1-2-14-6-8-16(9-7-14)21-19(22)15-4-3-5-18(10-15)23-11-17-12-24-13-20-17/h3-10,12-13H,2,11H2,1H3,(H,21,22). The van der Waals surface area contributed by atoms with Gasteiger partial charge in [0.25, 0.3) is 5.91 Å². The third-order valence-corrected chi connectivity index (χ3v) is 4.22. The molecule has 0 saturated carbocycles. The minimum absolute atomic E-state index is 0.154. The molecule has 2 aromatic carbocycles. The Kier molecular flexibility index (Phi) is 5.23. The van der Waals surface area contributed by atoms with E-state index in [1.54, 1.807) is 17.6 Å². The fraction of sp³-hybridized carbons (Fsp3) is 0.158. The molecule has 3 aromatic rings. The van der Waals surface area contributed by atoms with Gasteiger partial charge in [-0.05, 0) is 42.3 Å². The van der Waals surface area contributed by atoms with E-state index in [-0.39, 0.29) is 5.91 Å². The van der Waals surface area contributed by atoms with Crippen molar-refractivity contribution in [2.24, 2.45) is 0 Å². The Labute approximate surface area is 145 Å². The highest BCUT2D eigenvalue weighted by Gasteiger charge is 2.08. The molecule has 0 unspecified atom stereocenters. The molecule has 1 amide bonds. The van der Waals surface area contributed by atoms with Crippen molar-refractivity contribution in [2.75, 3.05) is 5.32 Å². The second-order valence-electron chi connectivity index (χ2n) is 5.30. The summed E-state index contributed by atoms with van der Waals surface area (Å²) in [6.07, 6.45) is 0.979. The zero-order valence-corrected chi connectivity index (χ0v) is 14.2. The average molecular weight is 338 g/mol. The van der Waals surface area contributed by atoms with Gasteiger partial charge in [-0.2, -0.15) is 0 Å². The number of aromatic nitrogens is 1. The number of benzene rings is 2. The van der Waals surface area contributed by atoms with Gasteiger partial charge in [-0.25, -0.2) is 4.98 Å². The molecule has 5 heteroatoms. The van der Waals surface area contributed by atoms with Crippen LogP contribution >= 0.6 is 11.3 Å². The zero-order valence-electron chi connectivity index (χ0n) is 13.4. The van der Waals surface area contributed by atoms with E-state index in [9.17, 15) is 4.79 Å². The molecule has 4 nitrogen and oxygen atoms in total. The maximum absolute atomic E-state index is 12.4. The van der Waals surface area contributed by atoms with Crippen LogP contribution in [0.1, 0.15) is 28.5 Å². The molecule has 0 saturated heterocycles. The molecule has 0 atom stereocenters. The molecule has 1 N–H and O–H groups in total. The minimum atomic E-state index is -0.154. The number of hydrogen-bond acceptors (Lipinski definition) is 4. The second-order valence-corrected chi connectivity index (χ2v) is 6.02. The molecule has 24 heavy (non-hydrogen) atoms. The summed E-state index contributed by atoms with van der Waals surface area (Å²) in [4.78, 5) is 16.5. The van der Waals surface area contributed by atoms with Crippen LogP contribution in [-0.4, -0.2) is 10.9 Å². The molecule has 122 valence electrons. The van der Waals surface area contributed by atoms with E-state index >= 15 is 0 Å². The molecule has 0 bridgehead atoms. The van der Waals surface area contributed by atoms with E-state index in [0.717, 1.165) is 17.8 Å². The third kappa shape index (κ3) is 4.20. The Morgan fingerprint density at radius 2 is 2.04 bits per heavy atom. The van der Waals surface area contributed by atoms with Crippen molar-refractivity contribution < 1.29 is 9.53 Å². The number of amides is 1. The van der Waals surface area contributed by atoms with Gasteiger partial charge in [0, 0.05) is 16.6 Å². The van der Waals surface area contributed by atoms with Crippen LogP contribution < -0.4 is 10.1 Å². The molecule has 0 fully saturated rings. The number of carbonyl (C=O) groups excluding carboxylic acids is 1. The van der Waals surface area contributed by atoms with Gasteiger partial charge in [0.1, 0.15) is 12.4 Å². The Bertz CT molecular complexity index is 798. The van der Waals surface area contributed by atoms with Crippen LogP contribution in [0.15, 0.2) is 59.4 Å². The van der Waals surface area contributed by atoms with E-state index in [0.29, 0.717) is 17.9 Å². The maximum atomic E-state index is 12.4. The first-order valence-corrected chi connectivity index (χ1v) is 8.69. The lowest BCUT2D eigenvalue weighted by atomic mass is 10.1. The highest BCUT2D eigenvalue weighted by Crippen LogP contribution is 2.17. The normalized spacial score (nSPS) is 10.4. The third-order valence-electron chi connectivity index (χ3n) is 3.59. The highest BCUT2D eigenvalue weighted by molar-refractivity contribution is 7.07. The number of nitrogens with one attached hydrogen (secondary N) is 1. The number of hydrogen-bond donors (Lipinski definition) is 1. The molecule has 1 heterocycles. The second kappa shape index (κ2) is 7.75. The molecule has 0 aliphatic carbocycles. The number of thiazole rings is 1. The molecule has 0 spiro atoms. The minimum Gasteiger partial charge on any atom is -0.487 e. The van der Waals surface area contributed by atoms with E-state index in [1.807, 2.05) is 41.8 Å². The lowest BCUT2D eigenvalue weighted by Gasteiger charge is -2.08. The van der Waals surface area contributed by atoms with Gasteiger partial charge in [-0.15, -0.1) is 11.3 Å². The van der Waals surface area contributed by atoms with Crippen molar-refractivity contribution in [3.63, 3.8) is 0 Å². The molecule has 0 radical (unpaired) electrons. The molecule has 3 rings (SSSR count). The molecule has 0 aliphatic rings. The summed E-state index contributed by atoms with van der Waals surface area (Å²) in [5, 5.41) is 4.84. The van der Waals surface area contributed by atoms with Crippen molar-refractivity contribution in [2.45, 2.75) is 20.0 Å². The number of aryl methyl sites for hydroxylation is 1. The topological polar surface area (TPSA) is 51.2 Å². The Hall–Kier alpha value is -2.66. The van der Waals surface area contributed by atoms with Crippen molar-refractivity contribution in [1.82, 2.24) is 4.98 Å². The van der Waals surface area contributed by atoms with Gasteiger partial charge < -0.3 is 10.1 Å². The van der Waals surface area contributed by atoms with Gasteiger partial charge in [0.2, 0.25) is 0 Å². The van der Waals surface area contributed by atoms with Crippen LogP contribution in [0.2, 0.25) is 0 Å². The van der Waals surface area contributed by atoms with Crippen LogP contribution in [0.3, 0.4) is 0 Å². The number of anilines is 1. The molecular formula is C19H18N2O2S. The van der Waals surface area contributed by atoms with Crippen molar-refractivity contribution in [3.05, 3.63) is 76.2 Å². The SMILES string of the molecule is CCc1ccc(NC(=O)c2cccc(OCc3cscn3)c2)cc1. The first kappa shape index (κ1) is 16.2. The summed E-state index contributed by atoms with van der Waals surface area (Å²) in [5.74, 6) is 0.496. The van der Waals surface area contributed by atoms with E-state index in [1.165, 1.54) is 16.9 Å². The monoisotopic (exact) mass is 338 g/mol. The average Bonchev–Trinajstić information content (AvgIpc) is 3.14. The number of carbonyl (C=O) groups is 1. The predicted molar refractivity (Wildman–Crippen MR) is 96.7 cm³/mol. The van der Waals surface area contributed by atoms with Gasteiger partial charge >= 0.3 is 0 Å². The van der Waals surface area contributed by atoms with Gasteiger partial charge in [0.15, 0.2) is 0 Å². The summed E-state index contributed by atoms with van der Waals surface area (Å²) in [7, 11) is 0. The van der Waals surface area contributed by atoms with Crippen LogP contribution in [0.25, 0.3) is 0 Å². The van der Waals surface area contributed by atoms with E-state index < -0.39 is 0 Å². The van der Waals surface area contributed by atoms with Gasteiger partial charge in [0.05, 0.1) is 11.2 Å². The lowest BCUT2D eigenvalue weighted by Crippen LogP contribution is -2.12. The van der Waals surface area contributed by atoms with Gasteiger partial charge in [-0.1, -0.05) is 25.1 Å². The molecular weight excluding hydrogens is 320 g/mol.